The third-order valence-electron chi connectivity index (χ3n) is 6.03. The number of methoxy groups -OCH3 is 1. The zero-order chi connectivity index (χ0) is 21.8. The van der Waals surface area contributed by atoms with Crippen LogP contribution in [0.3, 0.4) is 0 Å². The number of amides is 1. The number of pyridine rings is 1. The summed E-state index contributed by atoms with van der Waals surface area (Å²) in [6.45, 7) is 0.986. The first-order valence-electron chi connectivity index (χ1n) is 9.97. The normalized spacial score (nSPS) is 22.8. The van der Waals surface area contributed by atoms with Crippen molar-refractivity contribution in [2.75, 3.05) is 19.0 Å². The number of hydrogen-bond acceptors (Lipinski definition) is 5. The van der Waals surface area contributed by atoms with Gasteiger partial charge >= 0.3 is 6.18 Å². The molecule has 1 aliphatic heterocycles. The van der Waals surface area contributed by atoms with E-state index in [1.54, 1.807) is 12.1 Å². The summed E-state index contributed by atoms with van der Waals surface area (Å²) >= 11 is 0. The molecule has 2 fully saturated rings. The summed E-state index contributed by atoms with van der Waals surface area (Å²) in [5.41, 5.74) is -0.387. The molecule has 0 spiro atoms. The fraction of sp³-hybridized carbons (Fsp3) is 0.381. The average Bonchev–Trinajstić information content (AvgIpc) is 3.47. The number of ether oxygens (including phenoxy) is 1. The fourth-order valence-corrected chi connectivity index (χ4v) is 4.54. The van der Waals surface area contributed by atoms with Gasteiger partial charge in [0.2, 0.25) is 0 Å². The predicted octanol–water partition coefficient (Wildman–Crippen LogP) is 3.63. The summed E-state index contributed by atoms with van der Waals surface area (Å²) in [5.74, 6) is 0.162. The number of halogens is 3. The Morgan fingerprint density at radius 2 is 2.13 bits per heavy atom. The van der Waals surface area contributed by atoms with Crippen molar-refractivity contribution in [2.24, 2.45) is 5.92 Å². The topological polar surface area (TPSA) is 81.1 Å². The van der Waals surface area contributed by atoms with E-state index in [1.807, 2.05) is 10.9 Å². The van der Waals surface area contributed by atoms with Crippen molar-refractivity contribution in [3.8, 4) is 5.75 Å². The predicted molar refractivity (Wildman–Crippen MR) is 107 cm³/mol. The van der Waals surface area contributed by atoms with Gasteiger partial charge in [-0.05, 0) is 37.0 Å². The zero-order valence-corrected chi connectivity index (χ0v) is 16.6. The summed E-state index contributed by atoms with van der Waals surface area (Å²) in [7, 11) is 1.46. The monoisotopic (exact) mass is 431 g/mol. The highest BCUT2D eigenvalue weighted by Gasteiger charge is 2.40. The molecule has 1 aliphatic carbocycles. The van der Waals surface area contributed by atoms with Crippen molar-refractivity contribution in [3.63, 3.8) is 0 Å². The molecular weight excluding hydrogens is 411 g/mol. The number of anilines is 1. The second kappa shape index (κ2) is 7.23. The van der Waals surface area contributed by atoms with Crippen molar-refractivity contribution < 1.29 is 22.7 Å². The summed E-state index contributed by atoms with van der Waals surface area (Å²) < 4.78 is 46.1. The Kier molecular flexibility index (Phi) is 4.62. The Hall–Kier alpha value is -3.14. The van der Waals surface area contributed by atoms with Crippen LogP contribution >= 0.6 is 0 Å². The highest BCUT2D eigenvalue weighted by Crippen LogP contribution is 2.40. The maximum Gasteiger partial charge on any atom is 0.433 e. The summed E-state index contributed by atoms with van der Waals surface area (Å²) in [6.07, 6.45) is -0.509. The van der Waals surface area contributed by atoms with Gasteiger partial charge in [0.15, 0.2) is 0 Å². The van der Waals surface area contributed by atoms with Gasteiger partial charge in [-0.25, -0.2) is 4.98 Å². The molecule has 0 radical (unpaired) electrons. The molecule has 3 atom stereocenters. The average molecular weight is 431 g/mol. The van der Waals surface area contributed by atoms with E-state index in [1.165, 1.54) is 13.2 Å². The van der Waals surface area contributed by atoms with E-state index >= 15 is 0 Å². The third-order valence-corrected chi connectivity index (χ3v) is 6.03. The van der Waals surface area contributed by atoms with E-state index < -0.39 is 17.8 Å². The fourth-order valence-electron chi connectivity index (χ4n) is 4.54. The van der Waals surface area contributed by atoms with E-state index in [0.717, 1.165) is 42.4 Å². The van der Waals surface area contributed by atoms with Crippen LogP contribution in [-0.2, 0) is 6.18 Å². The molecule has 1 saturated heterocycles. The van der Waals surface area contributed by atoms with Crippen LogP contribution in [0.25, 0.3) is 10.9 Å². The summed E-state index contributed by atoms with van der Waals surface area (Å²) in [4.78, 5) is 16.0. The van der Waals surface area contributed by atoms with Gasteiger partial charge in [0.05, 0.1) is 24.4 Å². The Bertz CT molecular complexity index is 1160. The molecule has 3 heterocycles. The second-order valence-corrected chi connectivity index (χ2v) is 7.98. The lowest BCUT2D eigenvalue weighted by Gasteiger charge is -2.22. The van der Waals surface area contributed by atoms with Crippen molar-refractivity contribution >= 4 is 22.5 Å². The Labute approximate surface area is 175 Å². The lowest BCUT2D eigenvalue weighted by molar-refractivity contribution is -0.141. The van der Waals surface area contributed by atoms with Crippen LogP contribution in [0.5, 0.6) is 5.75 Å². The van der Waals surface area contributed by atoms with Crippen LogP contribution in [-0.4, -0.2) is 40.4 Å². The van der Waals surface area contributed by atoms with Crippen LogP contribution < -0.4 is 15.4 Å². The molecule has 3 aromatic rings. The quantitative estimate of drug-likeness (QED) is 0.659. The molecule has 1 amide bonds. The van der Waals surface area contributed by atoms with E-state index in [0.29, 0.717) is 29.4 Å². The van der Waals surface area contributed by atoms with Crippen LogP contribution in [0, 0.1) is 5.92 Å². The number of nitrogens with one attached hydrogen (secondary N) is 2. The Balaban J connectivity index is 1.43. The number of alkyl halides is 3. The minimum absolute atomic E-state index is 0.331. The van der Waals surface area contributed by atoms with Crippen molar-refractivity contribution in [3.05, 3.63) is 47.9 Å². The molecule has 0 unspecified atom stereocenters. The van der Waals surface area contributed by atoms with Crippen LogP contribution in [0.4, 0.5) is 18.9 Å². The van der Waals surface area contributed by atoms with Gasteiger partial charge in [0, 0.05) is 30.2 Å². The van der Waals surface area contributed by atoms with Gasteiger partial charge in [0.1, 0.15) is 17.1 Å². The first kappa shape index (κ1) is 19.8. The van der Waals surface area contributed by atoms with Crippen LogP contribution in [0.1, 0.15) is 35.1 Å². The highest BCUT2D eigenvalue weighted by atomic mass is 19.4. The van der Waals surface area contributed by atoms with Crippen LogP contribution in [0.2, 0.25) is 0 Å². The van der Waals surface area contributed by atoms with Gasteiger partial charge in [-0.2, -0.15) is 18.3 Å². The number of carbonyl (C=O) groups excluding carboxylic acids is 1. The molecule has 2 aromatic heterocycles. The minimum atomic E-state index is -4.63. The molecule has 5 rings (SSSR count). The smallest absolute Gasteiger partial charge is 0.433 e. The van der Waals surface area contributed by atoms with E-state index in [9.17, 15) is 18.0 Å². The number of piperidine rings is 1. The van der Waals surface area contributed by atoms with Gasteiger partial charge in [-0.3, -0.25) is 9.48 Å². The van der Waals surface area contributed by atoms with Crippen molar-refractivity contribution in [2.45, 2.75) is 31.1 Å². The van der Waals surface area contributed by atoms with E-state index in [-0.39, 0.29) is 5.69 Å². The van der Waals surface area contributed by atoms with E-state index in [4.69, 9.17) is 9.84 Å². The van der Waals surface area contributed by atoms with Gasteiger partial charge in [-0.1, -0.05) is 6.07 Å². The SMILES string of the molecule is COc1cc2nn([C@@H]3C[C@H]4C[C@@H]3CN4)cc2cc1NC(=O)c1cccc(C(F)(F)F)n1. The number of rotatable bonds is 4. The maximum atomic E-state index is 12.9. The molecular formula is C21H20F3N5O2. The standard InChI is InChI=1S/C21H20F3N5O2/c1-31-18-8-15-12(10-29(28-15)17-7-13-5-11(17)9-25-13)6-16(18)27-20(30)14-3-2-4-19(26-14)21(22,23)24/h2-4,6,8,10-11,13,17,25H,5,7,9H2,1H3,(H,27,30)/t11-,13-,17-/m1/s1. The molecule has 1 aromatic carbocycles. The lowest BCUT2D eigenvalue weighted by Crippen LogP contribution is -2.31. The Morgan fingerprint density at radius 1 is 1.29 bits per heavy atom. The minimum Gasteiger partial charge on any atom is -0.494 e. The van der Waals surface area contributed by atoms with Gasteiger partial charge in [0.25, 0.3) is 5.91 Å². The zero-order valence-electron chi connectivity index (χ0n) is 16.6. The first-order valence-corrected chi connectivity index (χ1v) is 9.97. The summed E-state index contributed by atoms with van der Waals surface area (Å²) in [5, 5.41) is 11.6. The number of nitrogens with zero attached hydrogens (tertiary/aromatic N) is 3. The second-order valence-electron chi connectivity index (χ2n) is 7.98. The maximum absolute atomic E-state index is 12.9. The summed E-state index contributed by atoms with van der Waals surface area (Å²) in [6, 6.07) is 7.50. The highest BCUT2D eigenvalue weighted by molar-refractivity contribution is 6.05. The third kappa shape index (κ3) is 3.60. The molecule has 2 bridgehead atoms. The van der Waals surface area contributed by atoms with Gasteiger partial charge < -0.3 is 15.4 Å². The molecule has 10 heteroatoms. The van der Waals surface area contributed by atoms with Crippen molar-refractivity contribution in [1.82, 2.24) is 20.1 Å². The number of aromatic nitrogens is 3. The molecule has 2 aliphatic rings. The van der Waals surface area contributed by atoms with Crippen molar-refractivity contribution in [1.29, 1.82) is 0 Å². The number of hydrogen-bond donors (Lipinski definition) is 2. The molecule has 2 N–H and O–H groups in total. The first-order chi connectivity index (χ1) is 14.8. The molecule has 31 heavy (non-hydrogen) atoms. The largest absolute Gasteiger partial charge is 0.494 e. The molecule has 162 valence electrons. The van der Waals surface area contributed by atoms with Crippen LogP contribution in [0.15, 0.2) is 36.5 Å². The van der Waals surface area contributed by atoms with Gasteiger partial charge in [-0.15, -0.1) is 0 Å². The van der Waals surface area contributed by atoms with E-state index in [2.05, 4.69) is 15.6 Å². The number of carbonyl (C=O) groups is 1. The molecule has 7 nitrogen and oxygen atoms in total. The lowest BCUT2D eigenvalue weighted by atomic mass is 10.0. The number of fused-ring (bicyclic) bond motifs is 3. The number of benzene rings is 1. The Morgan fingerprint density at radius 3 is 2.81 bits per heavy atom. The molecule has 1 saturated carbocycles.